The summed E-state index contributed by atoms with van der Waals surface area (Å²) in [6.07, 6.45) is -6.91. The second-order valence-corrected chi connectivity index (χ2v) is 5.45. The van der Waals surface area contributed by atoms with Crippen LogP contribution in [0.3, 0.4) is 0 Å². The molecule has 0 heterocycles. The van der Waals surface area contributed by atoms with E-state index in [0.29, 0.717) is 0 Å². The molecule has 0 aliphatic rings. The smallest absolute Gasteiger partial charge is 0.463 e. The first-order valence-electron chi connectivity index (χ1n) is 7.67. The monoisotopic (exact) mass is 434 g/mol. The largest absolute Gasteiger partial charge is 0.487 e. The van der Waals surface area contributed by atoms with Gasteiger partial charge in [-0.2, -0.15) is 13.2 Å². The Balaban J connectivity index is 3.26. The van der Waals surface area contributed by atoms with Crippen molar-refractivity contribution in [2.75, 3.05) is 18.5 Å². The number of benzene rings is 1. The number of nitrogens with one attached hydrogen (secondary N) is 2. The minimum Gasteiger partial charge on any atom is -0.463 e. The lowest BCUT2D eigenvalue weighted by Crippen LogP contribution is -2.69. The normalized spacial score (nSPS) is 13.9. The van der Waals surface area contributed by atoms with Gasteiger partial charge in [0, 0.05) is 17.3 Å². The highest BCUT2D eigenvalue weighted by Gasteiger charge is 2.64. The van der Waals surface area contributed by atoms with Gasteiger partial charge in [0.05, 0.1) is 13.2 Å². The quantitative estimate of drug-likeness (QED) is 0.280. The zero-order valence-corrected chi connectivity index (χ0v) is 15.3. The van der Waals surface area contributed by atoms with Crippen molar-refractivity contribution >= 4 is 29.4 Å². The number of amides is 1. The van der Waals surface area contributed by atoms with Gasteiger partial charge < -0.3 is 19.5 Å². The number of carbonyl (C=O) groups excluding carboxylic acids is 2. The molecule has 2 N–H and O–H groups in total. The molecular weight excluding hydrogens is 419 g/mol. The van der Waals surface area contributed by atoms with Crippen LogP contribution in [0.1, 0.15) is 13.8 Å². The predicted molar refractivity (Wildman–Crippen MR) is 87.1 cm³/mol. The number of esters is 1. The summed E-state index contributed by atoms with van der Waals surface area (Å²) in [5, 5.41) is 3.22. The predicted octanol–water partition coefficient (Wildman–Crippen LogP) is 3.83. The van der Waals surface area contributed by atoms with Gasteiger partial charge in [0.1, 0.15) is 5.75 Å². The molecule has 0 fully saturated rings. The summed E-state index contributed by atoms with van der Waals surface area (Å²) in [5.74, 6) is -2.32. The summed E-state index contributed by atoms with van der Waals surface area (Å²) in [5.41, 5.74) is -8.11. The molecule has 1 amide bonds. The number of rotatable bonds is 8. The maximum atomic E-state index is 13.8. The fourth-order valence-electron chi connectivity index (χ4n) is 1.91. The number of hydrogen-bond acceptors (Lipinski definition) is 6. The van der Waals surface area contributed by atoms with E-state index >= 15 is 0 Å². The molecule has 0 bridgehead atoms. The number of alkyl halides is 6. The first-order valence-corrected chi connectivity index (χ1v) is 8.05. The van der Waals surface area contributed by atoms with Crippen molar-refractivity contribution in [3.05, 3.63) is 24.3 Å². The molecule has 1 atom stereocenters. The van der Waals surface area contributed by atoms with E-state index in [4.69, 9.17) is 0 Å². The maximum Gasteiger partial charge on any atom is 0.487 e. The molecule has 0 aliphatic heterocycles. The second kappa shape index (κ2) is 9.13. The van der Waals surface area contributed by atoms with Crippen LogP contribution in [0, 0.1) is 0 Å². The SMILES string of the molecule is CCOC(=O)N[C@](Nc1ccc(OC(F)(F)Cl)cc1)(C(=O)OCC)C(F)(F)F. The molecule has 0 radical (unpaired) electrons. The van der Waals surface area contributed by atoms with Crippen molar-refractivity contribution in [2.24, 2.45) is 0 Å². The van der Waals surface area contributed by atoms with Crippen LogP contribution in [0.2, 0.25) is 0 Å². The molecule has 0 saturated heterocycles. The molecule has 0 saturated carbocycles. The number of anilines is 1. The van der Waals surface area contributed by atoms with Crippen molar-refractivity contribution < 1.29 is 45.8 Å². The van der Waals surface area contributed by atoms with Crippen molar-refractivity contribution in [3.63, 3.8) is 0 Å². The standard InChI is InChI=1S/C15H16ClF5N2O5/c1-3-26-11(24)13(14(17,18)19,23-12(25)27-4-2)22-9-5-7-10(8-6-9)28-15(16,20)21/h5-8,22H,3-4H2,1-2H3,(H,23,25)/t13-/m1/s1. The van der Waals surface area contributed by atoms with Crippen molar-refractivity contribution in [2.45, 2.75) is 31.3 Å². The highest BCUT2D eigenvalue weighted by atomic mass is 35.5. The van der Waals surface area contributed by atoms with Crippen LogP contribution in [0.5, 0.6) is 5.75 Å². The van der Waals surface area contributed by atoms with Gasteiger partial charge in [0.2, 0.25) is 0 Å². The average Bonchev–Trinajstić information content (AvgIpc) is 2.54. The Kier molecular flexibility index (Phi) is 7.67. The first-order chi connectivity index (χ1) is 12.8. The number of alkyl carbamates (subject to hydrolysis) is 1. The van der Waals surface area contributed by atoms with Crippen LogP contribution in [-0.4, -0.2) is 42.7 Å². The lowest BCUT2D eigenvalue weighted by molar-refractivity contribution is -0.205. The fourth-order valence-corrected chi connectivity index (χ4v) is 2.00. The van der Waals surface area contributed by atoms with Crippen LogP contribution < -0.4 is 15.4 Å². The van der Waals surface area contributed by atoms with E-state index in [-0.39, 0.29) is 12.3 Å². The zero-order valence-electron chi connectivity index (χ0n) is 14.5. The van der Waals surface area contributed by atoms with Crippen molar-refractivity contribution in [1.82, 2.24) is 5.32 Å². The number of hydrogen-bond donors (Lipinski definition) is 2. The van der Waals surface area contributed by atoms with Crippen LogP contribution in [0.25, 0.3) is 0 Å². The van der Waals surface area contributed by atoms with Gasteiger partial charge in [-0.1, -0.05) is 0 Å². The average molecular weight is 435 g/mol. The van der Waals surface area contributed by atoms with Gasteiger partial charge in [-0.25, -0.2) is 9.59 Å². The second-order valence-electron chi connectivity index (χ2n) is 5.01. The van der Waals surface area contributed by atoms with Gasteiger partial charge in [-0.3, -0.25) is 5.32 Å². The molecule has 158 valence electrons. The van der Waals surface area contributed by atoms with Gasteiger partial charge in [-0.15, -0.1) is 8.78 Å². The summed E-state index contributed by atoms with van der Waals surface area (Å²) >= 11 is 4.59. The number of halogens is 6. The lowest BCUT2D eigenvalue weighted by Gasteiger charge is -2.34. The van der Waals surface area contributed by atoms with E-state index in [1.54, 1.807) is 0 Å². The third-order valence-corrected chi connectivity index (χ3v) is 3.07. The van der Waals surface area contributed by atoms with Gasteiger partial charge in [0.15, 0.2) is 0 Å². The molecule has 7 nitrogen and oxygen atoms in total. The van der Waals surface area contributed by atoms with Crippen LogP contribution >= 0.6 is 11.6 Å². The molecule has 1 aromatic carbocycles. The topological polar surface area (TPSA) is 85.9 Å². The van der Waals surface area contributed by atoms with E-state index in [1.807, 2.05) is 5.32 Å². The van der Waals surface area contributed by atoms with E-state index in [1.165, 1.54) is 19.2 Å². The Morgan fingerprint density at radius 2 is 1.54 bits per heavy atom. The molecule has 0 spiro atoms. The summed E-state index contributed by atoms with van der Waals surface area (Å²) in [6.45, 7) is 1.93. The Morgan fingerprint density at radius 3 is 1.96 bits per heavy atom. The van der Waals surface area contributed by atoms with Crippen LogP contribution in [-0.2, 0) is 14.3 Å². The van der Waals surface area contributed by atoms with E-state index in [9.17, 15) is 31.5 Å². The fraction of sp³-hybridized carbons (Fsp3) is 0.467. The van der Waals surface area contributed by atoms with E-state index in [2.05, 4.69) is 25.8 Å². The Labute approximate surface area is 161 Å². The van der Waals surface area contributed by atoms with Gasteiger partial charge >= 0.3 is 29.5 Å². The van der Waals surface area contributed by atoms with E-state index in [0.717, 1.165) is 24.3 Å². The Hall–Kier alpha value is -2.50. The lowest BCUT2D eigenvalue weighted by atomic mass is 10.1. The van der Waals surface area contributed by atoms with Gasteiger partial charge in [0.25, 0.3) is 0 Å². The zero-order chi connectivity index (χ0) is 21.6. The third-order valence-electron chi connectivity index (χ3n) is 2.99. The molecule has 13 heteroatoms. The maximum absolute atomic E-state index is 13.8. The Bertz CT molecular complexity index is 681. The summed E-state index contributed by atoms with van der Waals surface area (Å²) in [7, 11) is 0. The Morgan fingerprint density at radius 1 is 1.00 bits per heavy atom. The highest BCUT2D eigenvalue weighted by molar-refractivity contribution is 6.20. The number of ether oxygens (including phenoxy) is 3. The minimum atomic E-state index is -5.37. The van der Waals surface area contributed by atoms with Crippen molar-refractivity contribution in [3.8, 4) is 5.75 Å². The van der Waals surface area contributed by atoms with Gasteiger partial charge in [-0.05, 0) is 38.1 Å². The molecular formula is C15H16ClF5N2O5. The molecule has 0 aliphatic carbocycles. The highest BCUT2D eigenvalue weighted by Crippen LogP contribution is 2.34. The van der Waals surface area contributed by atoms with Crippen LogP contribution in [0.15, 0.2) is 24.3 Å². The molecule has 0 aromatic heterocycles. The van der Waals surface area contributed by atoms with Crippen LogP contribution in [0.4, 0.5) is 32.4 Å². The van der Waals surface area contributed by atoms with E-state index < -0.39 is 41.8 Å². The minimum absolute atomic E-state index is 0.263. The number of carbonyl (C=O) groups is 2. The molecule has 1 aromatic rings. The molecule has 1 rings (SSSR count). The third kappa shape index (κ3) is 6.29. The van der Waals surface area contributed by atoms with Crippen molar-refractivity contribution in [1.29, 1.82) is 0 Å². The molecule has 0 unspecified atom stereocenters. The molecule has 28 heavy (non-hydrogen) atoms. The summed E-state index contributed by atoms with van der Waals surface area (Å²) < 4.78 is 79.4. The first kappa shape index (κ1) is 23.5. The summed E-state index contributed by atoms with van der Waals surface area (Å²) in [4.78, 5) is 23.7. The summed E-state index contributed by atoms with van der Waals surface area (Å²) in [6, 6.07) is 3.53.